The molecule has 28 heavy (non-hydrogen) atoms. The van der Waals surface area contributed by atoms with E-state index in [0.717, 1.165) is 50.1 Å². The monoisotopic (exact) mass is 385 g/mol. The minimum absolute atomic E-state index is 0.154. The normalized spacial score (nSPS) is 19.6. The highest BCUT2D eigenvalue weighted by molar-refractivity contribution is 5.81. The lowest BCUT2D eigenvalue weighted by Gasteiger charge is -2.33. The molecule has 2 aromatic rings. The Labute approximate surface area is 164 Å². The molecule has 2 N–H and O–H groups in total. The molecule has 1 aromatic heterocycles. The lowest BCUT2D eigenvalue weighted by atomic mass is 9.96. The minimum Gasteiger partial charge on any atom is -0.481 e. The van der Waals surface area contributed by atoms with E-state index in [1.807, 2.05) is 30.0 Å². The van der Waals surface area contributed by atoms with Gasteiger partial charge in [-0.3, -0.25) is 9.59 Å². The van der Waals surface area contributed by atoms with Gasteiger partial charge in [-0.05, 0) is 38.4 Å². The maximum absolute atomic E-state index is 12.9. The van der Waals surface area contributed by atoms with E-state index in [9.17, 15) is 4.79 Å². The summed E-state index contributed by atoms with van der Waals surface area (Å²) in [6.45, 7) is 6.23. The summed E-state index contributed by atoms with van der Waals surface area (Å²) in [5.41, 5.74) is 1.14. The molecule has 1 fully saturated rings. The average Bonchev–Trinajstić information content (AvgIpc) is 3.11. The highest BCUT2D eigenvalue weighted by Crippen LogP contribution is 2.30. The van der Waals surface area contributed by atoms with Gasteiger partial charge in [0.25, 0.3) is 5.97 Å². The third-order valence-electron chi connectivity index (χ3n) is 5.10. The molecular weight excluding hydrogens is 358 g/mol. The molecule has 3 heterocycles. The number of carboxylic acid groups (broad SMARTS) is 1. The Kier molecular flexibility index (Phi) is 6.41. The van der Waals surface area contributed by atoms with Crippen molar-refractivity contribution in [1.29, 1.82) is 0 Å². The maximum Gasteiger partial charge on any atom is 0.300 e. The smallest absolute Gasteiger partial charge is 0.300 e. The molecular formula is C20H27N5O3. The lowest BCUT2D eigenvalue weighted by Crippen LogP contribution is -2.42. The summed E-state index contributed by atoms with van der Waals surface area (Å²) in [7, 11) is 0. The molecule has 150 valence electrons. The predicted molar refractivity (Wildman–Crippen MR) is 104 cm³/mol. The van der Waals surface area contributed by atoms with Gasteiger partial charge in [-0.25, -0.2) is 0 Å². The molecule has 0 radical (unpaired) electrons. The Morgan fingerprint density at radius 3 is 2.50 bits per heavy atom. The Bertz CT molecular complexity index is 811. The molecule has 0 saturated carbocycles. The molecule has 2 aliphatic rings. The number of piperidine rings is 1. The molecule has 1 aromatic carbocycles. The van der Waals surface area contributed by atoms with Crippen LogP contribution in [0.4, 0.5) is 0 Å². The molecule has 1 saturated heterocycles. The van der Waals surface area contributed by atoms with Crippen molar-refractivity contribution in [2.45, 2.75) is 51.7 Å². The summed E-state index contributed by atoms with van der Waals surface area (Å²) >= 11 is 0. The summed E-state index contributed by atoms with van der Waals surface area (Å²) < 4.78 is 2.08. The number of nitrogens with zero attached hydrogens (tertiary/aromatic N) is 4. The number of rotatable bonds is 3. The third kappa shape index (κ3) is 4.56. The van der Waals surface area contributed by atoms with E-state index in [2.05, 4.69) is 32.2 Å². The minimum atomic E-state index is -0.833. The standard InChI is InChI=1S/C18H23N5O.C2H4O2/c1-13-18(24)22(11-14-5-3-2-4-6-14)12-16-20-21-17(23(13)16)15-7-9-19-10-8-15;1-2(3)4/h2-6,13,15,19H,7-12H2,1H3;1H3,(H,3,4)/t13-;/m1./s1. The number of carboxylic acids is 1. The zero-order valence-electron chi connectivity index (χ0n) is 16.3. The highest BCUT2D eigenvalue weighted by atomic mass is 16.4. The fourth-order valence-corrected chi connectivity index (χ4v) is 3.79. The first kappa shape index (κ1) is 20.0. The van der Waals surface area contributed by atoms with Crippen LogP contribution in [-0.2, 0) is 22.7 Å². The zero-order chi connectivity index (χ0) is 20.1. The van der Waals surface area contributed by atoms with Crippen LogP contribution >= 0.6 is 0 Å². The van der Waals surface area contributed by atoms with Crippen LogP contribution in [0.3, 0.4) is 0 Å². The van der Waals surface area contributed by atoms with Gasteiger partial charge in [-0.2, -0.15) is 0 Å². The fraction of sp³-hybridized carbons (Fsp3) is 0.500. The van der Waals surface area contributed by atoms with Crippen LogP contribution < -0.4 is 5.32 Å². The second-order valence-electron chi connectivity index (χ2n) is 7.24. The molecule has 0 aliphatic carbocycles. The van der Waals surface area contributed by atoms with Gasteiger partial charge < -0.3 is 19.9 Å². The van der Waals surface area contributed by atoms with Crippen molar-refractivity contribution in [1.82, 2.24) is 25.0 Å². The number of aromatic nitrogens is 3. The number of carbonyl (C=O) groups excluding carboxylic acids is 1. The van der Waals surface area contributed by atoms with Crippen LogP contribution in [0.1, 0.15) is 55.9 Å². The Morgan fingerprint density at radius 2 is 1.86 bits per heavy atom. The SMILES string of the molecule is CC(=O)O.C[C@@H]1C(=O)N(Cc2ccccc2)Cc2nnc(C3CCNCC3)n21. The molecule has 8 nitrogen and oxygen atoms in total. The van der Waals surface area contributed by atoms with Crippen LogP contribution in [0.15, 0.2) is 30.3 Å². The number of nitrogens with one attached hydrogen (secondary N) is 1. The van der Waals surface area contributed by atoms with Crippen LogP contribution in [0.2, 0.25) is 0 Å². The zero-order valence-corrected chi connectivity index (χ0v) is 16.3. The van der Waals surface area contributed by atoms with Gasteiger partial charge in [0.05, 0.1) is 6.54 Å². The van der Waals surface area contributed by atoms with Gasteiger partial charge in [0.15, 0.2) is 5.82 Å². The van der Waals surface area contributed by atoms with Crippen LogP contribution in [-0.4, -0.2) is 49.7 Å². The predicted octanol–water partition coefficient (Wildman–Crippen LogP) is 1.94. The van der Waals surface area contributed by atoms with Crippen molar-refractivity contribution < 1.29 is 14.7 Å². The summed E-state index contributed by atoms with van der Waals surface area (Å²) in [6.07, 6.45) is 2.12. The van der Waals surface area contributed by atoms with E-state index in [0.29, 0.717) is 19.0 Å². The van der Waals surface area contributed by atoms with Gasteiger partial charge in [0.2, 0.25) is 5.91 Å². The van der Waals surface area contributed by atoms with Gasteiger partial charge in [0, 0.05) is 19.4 Å². The quantitative estimate of drug-likeness (QED) is 0.837. The van der Waals surface area contributed by atoms with Crippen molar-refractivity contribution in [2.75, 3.05) is 13.1 Å². The number of carbonyl (C=O) groups is 2. The molecule has 1 atom stereocenters. The average molecular weight is 385 g/mol. The number of fused-ring (bicyclic) bond motifs is 1. The van der Waals surface area contributed by atoms with E-state index in [1.165, 1.54) is 0 Å². The molecule has 0 bridgehead atoms. The van der Waals surface area contributed by atoms with Crippen LogP contribution in [0.5, 0.6) is 0 Å². The number of aliphatic carboxylic acids is 1. The Hall–Kier alpha value is -2.74. The fourth-order valence-electron chi connectivity index (χ4n) is 3.79. The van der Waals surface area contributed by atoms with E-state index < -0.39 is 5.97 Å². The second-order valence-corrected chi connectivity index (χ2v) is 7.24. The molecule has 8 heteroatoms. The van der Waals surface area contributed by atoms with Crippen molar-refractivity contribution >= 4 is 11.9 Å². The Balaban J connectivity index is 0.000000516. The van der Waals surface area contributed by atoms with Crippen molar-refractivity contribution in [2.24, 2.45) is 0 Å². The van der Waals surface area contributed by atoms with E-state index >= 15 is 0 Å². The van der Waals surface area contributed by atoms with Gasteiger partial charge in [-0.1, -0.05) is 30.3 Å². The number of hydrogen-bond donors (Lipinski definition) is 2. The first-order valence-corrected chi connectivity index (χ1v) is 9.64. The van der Waals surface area contributed by atoms with E-state index in [-0.39, 0.29) is 11.9 Å². The van der Waals surface area contributed by atoms with Crippen molar-refractivity contribution in [3.63, 3.8) is 0 Å². The summed E-state index contributed by atoms with van der Waals surface area (Å²) in [4.78, 5) is 23.7. The van der Waals surface area contributed by atoms with E-state index in [4.69, 9.17) is 9.90 Å². The second kappa shape index (κ2) is 8.97. The van der Waals surface area contributed by atoms with Crippen molar-refractivity contribution in [3.05, 3.63) is 47.5 Å². The molecule has 0 unspecified atom stereocenters. The molecule has 0 spiro atoms. The first-order valence-electron chi connectivity index (χ1n) is 9.64. The Morgan fingerprint density at radius 1 is 1.21 bits per heavy atom. The number of hydrogen-bond acceptors (Lipinski definition) is 5. The summed E-state index contributed by atoms with van der Waals surface area (Å²) in [6, 6.07) is 9.88. The molecule has 2 aliphatic heterocycles. The summed E-state index contributed by atoms with van der Waals surface area (Å²) in [5.74, 6) is 1.63. The van der Waals surface area contributed by atoms with Crippen LogP contribution in [0, 0.1) is 0 Å². The molecule has 4 rings (SSSR count). The van der Waals surface area contributed by atoms with Gasteiger partial charge in [0.1, 0.15) is 11.9 Å². The van der Waals surface area contributed by atoms with Gasteiger partial charge >= 0.3 is 0 Å². The summed E-state index contributed by atoms with van der Waals surface area (Å²) in [5, 5.41) is 19.7. The van der Waals surface area contributed by atoms with Crippen LogP contribution in [0.25, 0.3) is 0 Å². The largest absolute Gasteiger partial charge is 0.481 e. The van der Waals surface area contributed by atoms with Crippen molar-refractivity contribution in [3.8, 4) is 0 Å². The lowest BCUT2D eigenvalue weighted by molar-refractivity contribution is -0.138. The number of benzene rings is 1. The topological polar surface area (TPSA) is 100 Å². The molecule has 1 amide bonds. The highest BCUT2D eigenvalue weighted by Gasteiger charge is 2.35. The maximum atomic E-state index is 12.9. The third-order valence-corrected chi connectivity index (χ3v) is 5.10. The number of amides is 1. The van der Waals surface area contributed by atoms with E-state index in [1.54, 1.807) is 0 Å². The first-order chi connectivity index (χ1) is 13.5. The van der Waals surface area contributed by atoms with Gasteiger partial charge in [-0.15, -0.1) is 10.2 Å².